The van der Waals surface area contributed by atoms with Crippen LogP contribution in [-0.4, -0.2) is 25.0 Å². The minimum atomic E-state index is 0.324. The van der Waals surface area contributed by atoms with Gasteiger partial charge in [-0.1, -0.05) is 13.8 Å². The monoisotopic (exact) mass is 264 g/mol. The molecule has 108 valence electrons. The van der Waals surface area contributed by atoms with E-state index in [1.165, 1.54) is 38.5 Å². The highest BCUT2D eigenvalue weighted by Gasteiger charge is 2.57. The maximum Gasteiger partial charge on any atom is 0.223 e. The zero-order valence-corrected chi connectivity index (χ0v) is 12.4. The molecule has 1 unspecified atom stereocenters. The van der Waals surface area contributed by atoms with Gasteiger partial charge in [0.25, 0.3) is 0 Å². The SMILES string of the molecule is CC1(C)CCC(NC(=O)C2CC23CCNCC3)CC1. The number of hydrogen-bond acceptors (Lipinski definition) is 2. The second-order valence-electron chi connectivity index (χ2n) is 7.82. The van der Waals surface area contributed by atoms with Gasteiger partial charge in [0.2, 0.25) is 5.91 Å². The van der Waals surface area contributed by atoms with Crippen LogP contribution in [0.3, 0.4) is 0 Å². The van der Waals surface area contributed by atoms with Gasteiger partial charge in [0, 0.05) is 12.0 Å². The Labute approximate surface area is 116 Å². The molecule has 3 fully saturated rings. The van der Waals surface area contributed by atoms with E-state index in [1.807, 2.05) is 0 Å². The first kappa shape index (κ1) is 13.4. The van der Waals surface area contributed by atoms with Crippen LogP contribution in [0.5, 0.6) is 0 Å². The van der Waals surface area contributed by atoms with Crippen molar-refractivity contribution in [3.05, 3.63) is 0 Å². The van der Waals surface area contributed by atoms with E-state index in [0.29, 0.717) is 28.7 Å². The second-order valence-corrected chi connectivity index (χ2v) is 7.82. The molecular formula is C16H28N2O. The molecule has 3 heteroatoms. The number of amides is 1. The van der Waals surface area contributed by atoms with E-state index in [4.69, 9.17) is 0 Å². The van der Waals surface area contributed by atoms with Gasteiger partial charge in [-0.2, -0.15) is 0 Å². The number of carbonyl (C=O) groups is 1. The van der Waals surface area contributed by atoms with Gasteiger partial charge in [0.05, 0.1) is 0 Å². The summed E-state index contributed by atoms with van der Waals surface area (Å²) in [6.45, 7) is 6.88. The van der Waals surface area contributed by atoms with Crippen LogP contribution in [0.1, 0.15) is 58.8 Å². The summed E-state index contributed by atoms with van der Waals surface area (Å²) >= 11 is 0. The molecule has 0 radical (unpaired) electrons. The molecule has 2 aliphatic carbocycles. The van der Waals surface area contributed by atoms with Crippen LogP contribution in [0.2, 0.25) is 0 Å². The average Bonchev–Trinajstić information content (AvgIpc) is 3.07. The van der Waals surface area contributed by atoms with E-state index in [-0.39, 0.29) is 0 Å². The molecule has 1 spiro atoms. The van der Waals surface area contributed by atoms with Gasteiger partial charge in [-0.15, -0.1) is 0 Å². The molecule has 3 aliphatic rings. The van der Waals surface area contributed by atoms with Gasteiger partial charge >= 0.3 is 0 Å². The highest BCUT2D eigenvalue weighted by Crippen LogP contribution is 2.58. The van der Waals surface area contributed by atoms with Crippen LogP contribution < -0.4 is 10.6 Å². The first-order valence-electron chi connectivity index (χ1n) is 8.02. The van der Waals surface area contributed by atoms with Crippen molar-refractivity contribution in [1.29, 1.82) is 0 Å². The highest BCUT2D eigenvalue weighted by atomic mass is 16.2. The molecule has 1 heterocycles. The summed E-state index contributed by atoms with van der Waals surface area (Å²) in [5.74, 6) is 0.677. The van der Waals surface area contributed by atoms with E-state index in [1.54, 1.807) is 0 Å². The third-order valence-electron chi connectivity index (χ3n) is 5.79. The van der Waals surface area contributed by atoms with Crippen LogP contribution >= 0.6 is 0 Å². The van der Waals surface area contributed by atoms with E-state index >= 15 is 0 Å². The predicted molar refractivity (Wildman–Crippen MR) is 76.8 cm³/mol. The topological polar surface area (TPSA) is 41.1 Å². The Kier molecular flexibility index (Phi) is 3.36. The minimum Gasteiger partial charge on any atom is -0.353 e. The van der Waals surface area contributed by atoms with Crippen LogP contribution in [0.25, 0.3) is 0 Å². The van der Waals surface area contributed by atoms with Gasteiger partial charge in [0.15, 0.2) is 0 Å². The van der Waals surface area contributed by atoms with E-state index in [0.717, 1.165) is 19.5 Å². The van der Waals surface area contributed by atoms with Crippen molar-refractivity contribution in [2.24, 2.45) is 16.7 Å². The first-order valence-corrected chi connectivity index (χ1v) is 8.02. The lowest BCUT2D eigenvalue weighted by molar-refractivity contribution is -0.124. The molecule has 1 amide bonds. The molecule has 1 aliphatic heterocycles. The summed E-state index contributed by atoms with van der Waals surface area (Å²) in [6.07, 6.45) is 8.36. The number of nitrogens with one attached hydrogen (secondary N) is 2. The smallest absolute Gasteiger partial charge is 0.223 e. The zero-order valence-electron chi connectivity index (χ0n) is 12.4. The molecule has 1 saturated heterocycles. The molecule has 3 nitrogen and oxygen atoms in total. The Bertz CT molecular complexity index is 348. The molecule has 19 heavy (non-hydrogen) atoms. The zero-order chi connectivity index (χ0) is 13.5. The number of hydrogen-bond donors (Lipinski definition) is 2. The average molecular weight is 264 g/mol. The van der Waals surface area contributed by atoms with Crippen molar-refractivity contribution in [2.45, 2.75) is 64.8 Å². The standard InChI is InChI=1S/C16H28N2O/c1-15(2)5-3-12(4-6-15)18-14(19)13-11-16(13)7-9-17-10-8-16/h12-13,17H,3-11H2,1-2H3,(H,18,19). The van der Waals surface area contributed by atoms with Crippen LogP contribution in [0, 0.1) is 16.7 Å². The Hall–Kier alpha value is -0.570. The summed E-state index contributed by atoms with van der Waals surface area (Å²) in [5, 5.41) is 6.73. The number of rotatable bonds is 2. The Morgan fingerprint density at radius 2 is 1.74 bits per heavy atom. The second kappa shape index (κ2) is 4.76. The van der Waals surface area contributed by atoms with Gasteiger partial charge in [0.1, 0.15) is 0 Å². The van der Waals surface area contributed by atoms with Gasteiger partial charge < -0.3 is 10.6 Å². The van der Waals surface area contributed by atoms with Crippen molar-refractivity contribution in [3.63, 3.8) is 0 Å². The fraction of sp³-hybridized carbons (Fsp3) is 0.938. The summed E-state index contributed by atoms with van der Waals surface area (Å²) in [7, 11) is 0. The van der Waals surface area contributed by atoms with Crippen molar-refractivity contribution >= 4 is 5.91 Å². The first-order chi connectivity index (χ1) is 9.01. The molecule has 0 aromatic rings. The lowest BCUT2D eigenvalue weighted by Crippen LogP contribution is -2.41. The third kappa shape index (κ3) is 2.81. The highest BCUT2D eigenvalue weighted by molar-refractivity contribution is 5.82. The Morgan fingerprint density at radius 1 is 1.11 bits per heavy atom. The molecule has 1 atom stereocenters. The molecule has 0 aromatic carbocycles. The summed E-state index contributed by atoms with van der Waals surface area (Å²) < 4.78 is 0. The summed E-state index contributed by atoms with van der Waals surface area (Å²) in [4.78, 5) is 12.4. The van der Waals surface area contributed by atoms with Gasteiger partial charge in [-0.25, -0.2) is 0 Å². The molecule has 2 N–H and O–H groups in total. The van der Waals surface area contributed by atoms with E-state index in [2.05, 4.69) is 24.5 Å². The normalized spacial score (nSPS) is 33.1. The molecular weight excluding hydrogens is 236 g/mol. The number of carbonyl (C=O) groups excluding carboxylic acids is 1. The summed E-state index contributed by atoms with van der Waals surface area (Å²) in [5.41, 5.74) is 0.861. The fourth-order valence-corrected chi connectivity index (χ4v) is 4.04. The maximum absolute atomic E-state index is 12.4. The number of piperidine rings is 1. The fourth-order valence-electron chi connectivity index (χ4n) is 4.04. The quantitative estimate of drug-likeness (QED) is 0.804. The molecule has 0 aromatic heterocycles. The van der Waals surface area contributed by atoms with E-state index < -0.39 is 0 Å². The third-order valence-corrected chi connectivity index (χ3v) is 5.79. The van der Waals surface area contributed by atoms with Crippen molar-refractivity contribution in [3.8, 4) is 0 Å². The molecule has 0 bridgehead atoms. The van der Waals surface area contributed by atoms with Crippen LogP contribution in [0.15, 0.2) is 0 Å². The predicted octanol–water partition coefficient (Wildman–Crippen LogP) is 2.46. The van der Waals surface area contributed by atoms with Gasteiger partial charge in [-0.05, 0) is 68.9 Å². The Balaban J connectivity index is 1.48. The minimum absolute atomic E-state index is 0.324. The van der Waals surface area contributed by atoms with E-state index in [9.17, 15) is 4.79 Å². The largest absolute Gasteiger partial charge is 0.353 e. The molecule has 2 saturated carbocycles. The van der Waals surface area contributed by atoms with Crippen molar-refractivity contribution < 1.29 is 4.79 Å². The van der Waals surface area contributed by atoms with Crippen molar-refractivity contribution in [2.75, 3.05) is 13.1 Å². The van der Waals surface area contributed by atoms with Gasteiger partial charge in [-0.3, -0.25) is 4.79 Å². The lowest BCUT2D eigenvalue weighted by Gasteiger charge is -2.34. The van der Waals surface area contributed by atoms with Crippen LogP contribution in [0.4, 0.5) is 0 Å². The molecule has 3 rings (SSSR count). The summed E-state index contributed by atoms with van der Waals surface area (Å²) in [6, 6.07) is 0.444. The van der Waals surface area contributed by atoms with Crippen molar-refractivity contribution in [1.82, 2.24) is 10.6 Å². The lowest BCUT2D eigenvalue weighted by atomic mass is 9.75. The maximum atomic E-state index is 12.4. The van der Waals surface area contributed by atoms with Crippen LogP contribution in [-0.2, 0) is 4.79 Å². The Morgan fingerprint density at radius 3 is 2.37 bits per heavy atom.